The van der Waals surface area contributed by atoms with Crippen molar-refractivity contribution in [2.24, 2.45) is 0 Å². The van der Waals surface area contributed by atoms with E-state index >= 15 is 0 Å². The van der Waals surface area contributed by atoms with Crippen LogP contribution in [0, 0.1) is 11.3 Å². The van der Waals surface area contributed by atoms with Gasteiger partial charge in [0.1, 0.15) is 6.29 Å². The molecular formula is C12H11F2NO. The van der Waals surface area contributed by atoms with Gasteiger partial charge in [-0.3, -0.25) is 0 Å². The van der Waals surface area contributed by atoms with Gasteiger partial charge in [0.25, 0.3) is 6.43 Å². The molecule has 0 atom stereocenters. The number of rotatable bonds is 5. The Bertz CT molecular complexity index is 410. The van der Waals surface area contributed by atoms with Gasteiger partial charge in [-0.1, -0.05) is 12.1 Å². The summed E-state index contributed by atoms with van der Waals surface area (Å²) >= 11 is 0. The van der Waals surface area contributed by atoms with Crippen molar-refractivity contribution in [2.75, 3.05) is 0 Å². The van der Waals surface area contributed by atoms with Crippen molar-refractivity contribution in [3.05, 3.63) is 34.9 Å². The maximum Gasteiger partial charge on any atom is 0.263 e. The highest BCUT2D eigenvalue weighted by atomic mass is 19.3. The third-order valence-corrected chi connectivity index (χ3v) is 2.28. The molecule has 1 aromatic carbocycles. The summed E-state index contributed by atoms with van der Waals surface area (Å²) in [5.41, 5.74) is 1.31. The Morgan fingerprint density at radius 2 is 2.12 bits per heavy atom. The Hall–Kier alpha value is -1.76. The molecule has 0 saturated carbocycles. The van der Waals surface area contributed by atoms with E-state index in [-0.39, 0.29) is 18.4 Å². The molecule has 0 amide bonds. The first-order valence-electron chi connectivity index (χ1n) is 4.89. The largest absolute Gasteiger partial charge is 0.303 e. The van der Waals surface area contributed by atoms with Crippen molar-refractivity contribution >= 4 is 6.29 Å². The quantitative estimate of drug-likeness (QED) is 0.720. The van der Waals surface area contributed by atoms with Crippen LogP contribution in [0.25, 0.3) is 0 Å². The molecule has 0 N–H and O–H groups in total. The lowest BCUT2D eigenvalue weighted by molar-refractivity contribution is -0.107. The summed E-state index contributed by atoms with van der Waals surface area (Å²) in [6.07, 6.45) is -0.916. The number of aldehydes is 1. The molecule has 1 rings (SSSR count). The highest BCUT2D eigenvalue weighted by Crippen LogP contribution is 2.22. The Morgan fingerprint density at radius 1 is 1.38 bits per heavy atom. The minimum Gasteiger partial charge on any atom is -0.303 e. The molecule has 0 aliphatic rings. The van der Waals surface area contributed by atoms with Crippen LogP contribution < -0.4 is 0 Å². The number of alkyl halides is 2. The zero-order valence-corrected chi connectivity index (χ0v) is 8.62. The SMILES string of the molecule is N#CCc1ccc(C(F)F)cc1CCC=O. The van der Waals surface area contributed by atoms with E-state index in [1.54, 1.807) is 0 Å². The Kier molecular flexibility index (Phi) is 4.59. The average molecular weight is 223 g/mol. The van der Waals surface area contributed by atoms with E-state index in [0.717, 1.165) is 6.29 Å². The molecule has 0 saturated heterocycles. The number of halogens is 2. The van der Waals surface area contributed by atoms with Crippen LogP contribution in [0.5, 0.6) is 0 Å². The zero-order chi connectivity index (χ0) is 12.0. The average Bonchev–Trinajstić information content (AvgIpc) is 2.27. The van der Waals surface area contributed by atoms with Crippen LogP contribution in [0.4, 0.5) is 8.78 Å². The molecule has 2 nitrogen and oxygen atoms in total. The first-order chi connectivity index (χ1) is 7.69. The number of hydrogen-bond donors (Lipinski definition) is 0. The first-order valence-corrected chi connectivity index (χ1v) is 4.89. The Balaban J connectivity index is 3.01. The summed E-state index contributed by atoms with van der Waals surface area (Å²) in [5.74, 6) is 0. The highest BCUT2D eigenvalue weighted by molar-refractivity contribution is 5.50. The molecule has 0 fully saturated rings. The van der Waals surface area contributed by atoms with E-state index in [0.29, 0.717) is 17.5 Å². The van der Waals surface area contributed by atoms with Gasteiger partial charge in [0.2, 0.25) is 0 Å². The number of carbonyl (C=O) groups excluding carboxylic acids is 1. The topological polar surface area (TPSA) is 40.9 Å². The lowest BCUT2D eigenvalue weighted by Crippen LogP contribution is -1.97. The molecule has 0 radical (unpaired) electrons. The normalized spacial score (nSPS) is 10.1. The lowest BCUT2D eigenvalue weighted by Gasteiger charge is -2.08. The Labute approximate surface area is 92.5 Å². The first kappa shape index (κ1) is 12.3. The van der Waals surface area contributed by atoms with Crippen molar-refractivity contribution in [1.82, 2.24) is 0 Å². The van der Waals surface area contributed by atoms with Crippen LogP contribution in [-0.4, -0.2) is 6.29 Å². The molecular weight excluding hydrogens is 212 g/mol. The van der Waals surface area contributed by atoms with Gasteiger partial charge in [-0.05, 0) is 23.6 Å². The summed E-state index contributed by atoms with van der Waals surface area (Å²) < 4.78 is 24.9. The fraction of sp³-hybridized carbons (Fsp3) is 0.333. The third kappa shape index (κ3) is 3.13. The van der Waals surface area contributed by atoms with Gasteiger partial charge in [-0.2, -0.15) is 5.26 Å². The van der Waals surface area contributed by atoms with E-state index < -0.39 is 6.43 Å². The van der Waals surface area contributed by atoms with Crippen LogP contribution in [-0.2, 0) is 17.6 Å². The number of hydrogen-bond acceptors (Lipinski definition) is 2. The minimum absolute atomic E-state index is 0.0670. The van der Waals surface area contributed by atoms with Gasteiger partial charge in [-0.15, -0.1) is 0 Å². The molecule has 0 aliphatic carbocycles. The van der Waals surface area contributed by atoms with Crippen LogP contribution in [0.1, 0.15) is 29.5 Å². The molecule has 0 heterocycles. The van der Waals surface area contributed by atoms with E-state index in [2.05, 4.69) is 0 Å². The second kappa shape index (κ2) is 5.96. The molecule has 0 bridgehead atoms. The number of benzene rings is 1. The summed E-state index contributed by atoms with van der Waals surface area (Å²) in [6, 6.07) is 6.20. The zero-order valence-electron chi connectivity index (χ0n) is 8.62. The van der Waals surface area contributed by atoms with Crippen LogP contribution in [0.15, 0.2) is 18.2 Å². The van der Waals surface area contributed by atoms with Crippen LogP contribution in [0.3, 0.4) is 0 Å². The van der Waals surface area contributed by atoms with Gasteiger partial charge in [0.15, 0.2) is 0 Å². The standard InChI is InChI=1S/C12H11F2NO/c13-12(14)11-4-3-9(5-6-15)10(8-11)2-1-7-16/h3-4,7-8,12H,1-2,5H2. The van der Waals surface area contributed by atoms with Gasteiger partial charge in [-0.25, -0.2) is 8.78 Å². The molecule has 0 aromatic heterocycles. The minimum atomic E-state index is -2.52. The van der Waals surface area contributed by atoms with Gasteiger partial charge < -0.3 is 4.79 Å². The second-order valence-corrected chi connectivity index (χ2v) is 3.37. The number of aryl methyl sites for hydroxylation is 1. The highest BCUT2D eigenvalue weighted by Gasteiger charge is 2.10. The predicted octanol–water partition coefficient (Wildman–Crippen LogP) is 2.82. The molecule has 4 heteroatoms. The van der Waals surface area contributed by atoms with Crippen LogP contribution >= 0.6 is 0 Å². The molecule has 16 heavy (non-hydrogen) atoms. The van der Waals surface area contributed by atoms with Gasteiger partial charge in [0.05, 0.1) is 12.5 Å². The van der Waals surface area contributed by atoms with E-state index in [1.807, 2.05) is 6.07 Å². The van der Waals surface area contributed by atoms with Crippen LogP contribution in [0.2, 0.25) is 0 Å². The molecule has 0 aliphatic heterocycles. The second-order valence-electron chi connectivity index (χ2n) is 3.37. The van der Waals surface area contributed by atoms with E-state index in [1.165, 1.54) is 18.2 Å². The molecule has 0 unspecified atom stereocenters. The summed E-state index contributed by atoms with van der Waals surface area (Å²) in [5, 5.41) is 8.58. The van der Waals surface area contributed by atoms with Gasteiger partial charge in [0, 0.05) is 12.0 Å². The maximum absolute atomic E-state index is 12.5. The third-order valence-electron chi connectivity index (χ3n) is 2.28. The predicted molar refractivity (Wildman–Crippen MR) is 55.1 cm³/mol. The summed E-state index contributed by atoms with van der Waals surface area (Å²) in [4.78, 5) is 10.3. The molecule has 84 valence electrons. The smallest absolute Gasteiger partial charge is 0.263 e. The number of carbonyl (C=O) groups is 1. The molecule has 1 aromatic rings. The van der Waals surface area contributed by atoms with Crippen molar-refractivity contribution in [3.63, 3.8) is 0 Å². The van der Waals surface area contributed by atoms with Crippen molar-refractivity contribution in [2.45, 2.75) is 25.7 Å². The van der Waals surface area contributed by atoms with E-state index in [9.17, 15) is 13.6 Å². The molecule has 0 spiro atoms. The summed E-state index contributed by atoms with van der Waals surface area (Å²) in [6.45, 7) is 0. The Morgan fingerprint density at radius 3 is 2.69 bits per heavy atom. The van der Waals surface area contributed by atoms with Crippen molar-refractivity contribution < 1.29 is 13.6 Å². The van der Waals surface area contributed by atoms with E-state index in [4.69, 9.17) is 5.26 Å². The maximum atomic E-state index is 12.5. The van der Waals surface area contributed by atoms with Crippen molar-refractivity contribution in [1.29, 1.82) is 5.26 Å². The lowest BCUT2D eigenvalue weighted by atomic mass is 9.98. The fourth-order valence-corrected chi connectivity index (χ4v) is 1.49. The number of nitrogens with zero attached hydrogens (tertiary/aromatic N) is 1. The summed E-state index contributed by atoms with van der Waals surface area (Å²) in [7, 11) is 0. The number of nitriles is 1. The fourth-order valence-electron chi connectivity index (χ4n) is 1.49. The van der Waals surface area contributed by atoms with Gasteiger partial charge >= 0.3 is 0 Å². The van der Waals surface area contributed by atoms with Crippen molar-refractivity contribution in [3.8, 4) is 6.07 Å². The monoisotopic (exact) mass is 223 g/mol.